The Balaban J connectivity index is 0.000000934. The van der Waals surface area contributed by atoms with E-state index in [1.165, 1.54) is 12.3 Å². The Morgan fingerprint density at radius 2 is 1.79 bits per heavy atom. The highest BCUT2D eigenvalue weighted by Crippen LogP contribution is 2.35. The molecule has 0 fully saturated rings. The lowest BCUT2D eigenvalue weighted by molar-refractivity contribution is -0.143. The highest BCUT2D eigenvalue weighted by Gasteiger charge is 2.24. The summed E-state index contributed by atoms with van der Waals surface area (Å²) in [5, 5.41) is 14.9. The number of aryl methyl sites for hydroxylation is 2. The van der Waals surface area contributed by atoms with Gasteiger partial charge in [-0.3, -0.25) is 14.3 Å². The molecule has 0 radical (unpaired) electrons. The number of benzene rings is 1. The lowest BCUT2D eigenvalue weighted by Gasteiger charge is -2.21. The van der Waals surface area contributed by atoms with Gasteiger partial charge >= 0.3 is 11.9 Å². The first-order valence-corrected chi connectivity index (χ1v) is 13.5. The van der Waals surface area contributed by atoms with E-state index in [1.54, 1.807) is 4.57 Å². The fourth-order valence-electron chi connectivity index (χ4n) is 4.32. The third-order valence-electron chi connectivity index (χ3n) is 5.97. The molecule has 0 unspecified atom stereocenters. The number of rotatable bonds is 11. The molecular formula is C29H39N3O6. The minimum absolute atomic E-state index is 0.128. The van der Waals surface area contributed by atoms with Crippen LogP contribution in [-0.2, 0) is 22.6 Å². The average molecular weight is 526 g/mol. The second kappa shape index (κ2) is 13.8. The number of carboxylic acids is 1. The number of carbonyl (C=O) groups is 2. The van der Waals surface area contributed by atoms with Gasteiger partial charge in [0.25, 0.3) is 0 Å². The van der Waals surface area contributed by atoms with Crippen LogP contribution in [0.15, 0.2) is 35.3 Å². The van der Waals surface area contributed by atoms with Crippen molar-refractivity contribution >= 4 is 22.8 Å². The SMILES string of the molecule is CC(C)C.CCOC(=O)CCCCCCCOc1cccc2c3n(nc12)CCn1cc(C(=O)O)c(=O)cc1-3. The molecule has 206 valence electrons. The Labute approximate surface area is 223 Å². The normalized spacial score (nSPS) is 11.9. The molecule has 0 spiro atoms. The van der Waals surface area contributed by atoms with Crippen LogP contribution in [-0.4, -0.2) is 44.6 Å². The minimum Gasteiger partial charge on any atom is -0.491 e. The topological polar surface area (TPSA) is 113 Å². The highest BCUT2D eigenvalue weighted by molar-refractivity contribution is 5.96. The summed E-state index contributed by atoms with van der Waals surface area (Å²) in [5.41, 5.74) is 1.43. The number of pyridine rings is 1. The molecule has 1 aromatic carbocycles. The van der Waals surface area contributed by atoms with Gasteiger partial charge in [-0.1, -0.05) is 52.2 Å². The van der Waals surface area contributed by atoms with E-state index in [1.807, 2.05) is 29.8 Å². The number of aromatic carboxylic acids is 1. The molecule has 9 nitrogen and oxygen atoms in total. The molecule has 0 saturated heterocycles. The van der Waals surface area contributed by atoms with Gasteiger partial charge in [0.2, 0.25) is 0 Å². The maximum absolute atomic E-state index is 12.3. The smallest absolute Gasteiger partial charge is 0.341 e. The average Bonchev–Trinajstić information content (AvgIpc) is 3.25. The number of esters is 1. The lowest BCUT2D eigenvalue weighted by Crippen LogP contribution is -2.24. The van der Waals surface area contributed by atoms with Crippen molar-refractivity contribution in [1.29, 1.82) is 0 Å². The van der Waals surface area contributed by atoms with Crippen molar-refractivity contribution in [2.24, 2.45) is 5.92 Å². The maximum Gasteiger partial charge on any atom is 0.341 e. The maximum atomic E-state index is 12.3. The number of carbonyl (C=O) groups excluding carboxylic acids is 1. The van der Waals surface area contributed by atoms with E-state index in [2.05, 4.69) is 20.8 Å². The van der Waals surface area contributed by atoms with E-state index in [9.17, 15) is 19.5 Å². The third-order valence-corrected chi connectivity index (χ3v) is 5.97. The molecule has 0 amide bonds. The van der Waals surface area contributed by atoms with Gasteiger partial charge in [-0.25, -0.2) is 4.79 Å². The van der Waals surface area contributed by atoms with E-state index < -0.39 is 11.4 Å². The first-order chi connectivity index (χ1) is 18.2. The van der Waals surface area contributed by atoms with E-state index in [-0.39, 0.29) is 11.5 Å². The Morgan fingerprint density at radius 1 is 1.08 bits per heavy atom. The predicted octanol–water partition coefficient (Wildman–Crippen LogP) is 5.52. The van der Waals surface area contributed by atoms with Crippen LogP contribution in [0, 0.1) is 5.92 Å². The Hall–Kier alpha value is -3.62. The number of ether oxygens (including phenoxy) is 2. The number of fused-ring (bicyclic) bond motifs is 5. The highest BCUT2D eigenvalue weighted by atomic mass is 16.5. The van der Waals surface area contributed by atoms with E-state index in [0.29, 0.717) is 44.2 Å². The molecule has 4 rings (SSSR count). The zero-order valence-electron chi connectivity index (χ0n) is 22.9. The van der Waals surface area contributed by atoms with Crippen molar-refractivity contribution in [1.82, 2.24) is 14.3 Å². The van der Waals surface area contributed by atoms with Crippen molar-refractivity contribution < 1.29 is 24.2 Å². The van der Waals surface area contributed by atoms with Crippen molar-refractivity contribution in [2.45, 2.75) is 79.3 Å². The Morgan fingerprint density at radius 3 is 2.50 bits per heavy atom. The molecule has 3 heterocycles. The van der Waals surface area contributed by atoms with Gasteiger partial charge in [-0.15, -0.1) is 0 Å². The van der Waals surface area contributed by atoms with Crippen molar-refractivity contribution in [3.8, 4) is 17.1 Å². The van der Waals surface area contributed by atoms with Crippen LogP contribution in [0.1, 0.15) is 76.6 Å². The summed E-state index contributed by atoms with van der Waals surface area (Å²) in [7, 11) is 0. The van der Waals surface area contributed by atoms with Crippen LogP contribution in [0.5, 0.6) is 5.75 Å². The molecule has 0 atom stereocenters. The van der Waals surface area contributed by atoms with Gasteiger partial charge in [0.05, 0.1) is 31.1 Å². The summed E-state index contributed by atoms with van der Waals surface area (Å²) in [6.45, 7) is 10.4. The summed E-state index contributed by atoms with van der Waals surface area (Å²) in [6, 6.07) is 7.11. The van der Waals surface area contributed by atoms with Crippen LogP contribution < -0.4 is 10.2 Å². The molecule has 1 aliphatic rings. The molecule has 38 heavy (non-hydrogen) atoms. The van der Waals surface area contributed by atoms with Crippen LogP contribution >= 0.6 is 0 Å². The molecule has 2 aromatic heterocycles. The first-order valence-electron chi connectivity index (χ1n) is 13.5. The van der Waals surface area contributed by atoms with E-state index >= 15 is 0 Å². The molecule has 9 heteroatoms. The zero-order chi connectivity index (χ0) is 27.7. The van der Waals surface area contributed by atoms with E-state index in [4.69, 9.17) is 14.6 Å². The van der Waals surface area contributed by atoms with E-state index in [0.717, 1.165) is 54.6 Å². The molecule has 1 aliphatic heterocycles. The van der Waals surface area contributed by atoms with Crippen molar-refractivity contribution in [2.75, 3.05) is 13.2 Å². The number of aromatic nitrogens is 3. The largest absolute Gasteiger partial charge is 0.491 e. The summed E-state index contributed by atoms with van der Waals surface area (Å²) >= 11 is 0. The van der Waals surface area contributed by atoms with Gasteiger partial charge in [0, 0.05) is 30.6 Å². The predicted molar refractivity (Wildman–Crippen MR) is 147 cm³/mol. The summed E-state index contributed by atoms with van der Waals surface area (Å²) in [6.07, 6.45) is 6.68. The number of carboxylic acid groups (broad SMARTS) is 1. The standard InChI is InChI=1S/C25H29N3O6.C4H10/c1-2-33-22(30)11-6-4-3-5-7-14-34-21-10-8-9-17-23(21)26-28-13-12-27-16-18(25(31)32)20(29)15-19(27)24(17)28;1-4(2)3/h8-10,15-16H,2-7,11-14H2,1H3,(H,31,32);4H,1-3H3. The monoisotopic (exact) mass is 525 g/mol. The second-order valence-corrected chi connectivity index (χ2v) is 10.1. The molecule has 0 saturated carbocycles. The first kappa shape index (κ1) is 28.9. The Kier molecular flexibility index (Phi) is 10.5. The van der Waals surface area contributed by atoms with Crippen molar-refractivity contribution in [3.63, 3.8) is 0 Å². The number of hydrogen-bond donors (Lipinski definition) is 1. The molecule has 1 N–H and O–H groups in total. The minimum atomic E-state index is -1.22. The van der Waals surface area contributed by atoms with Gasteiger partial charge in [-0.2, -0.15) is 5.10 Å². The molecule has 0 bridgehead atoms. The van der Waals surface area contributed by atoms with Gasteiger partial charge in [0.1, 0.15) is 16.8 Å². The van der Waals surface area contributed by atoms with Crippen LogP contribution in [0.4, 0.5) is 0 Å². The summed E-state index contributed by atoms with van der Waals surface area (Å²) in [5.74, 6) is 0.174. The second-order valence-electron chi connectivity index (χ2n) is 10.1. The molecule has 0 aliphatic carbocycles. The molecular weight excluding hydrogens is 486 g/mol. The lowest BCUT2D eigenvalue weighted by atomic mass is 10.1. The summed E-state index contributed by atoms with van der Waals surface area (Å²) in [4.78, 5) is 35.0. The third kappa shape index (κ3) is 7.46. The quantitative estimate of drug-likeness (QED) is 0.259. The van der Waals surface area contributed by atoms with Gasteiger partial charge in [-0.05, 0) is 31.7 Å². The Bertz CT molecular complexity index is 1300. The number of unbranched alkanes of at least 4 members (excludes halogenated alkanes) is 4. The number of nitrogens with zero attached hydrogens (tertiary/aromatic N) is 3. The number of hydrogen-bond acceptors (Lipinski definition) is 6. The van der Waals surface area contributed by atoms with Gasteiger partial charge < -0.3 is 19.1 Å². The van der Waals surface area contributed by atoms with Crippen LogP contribution in [0.25, 0.3) is 22.3 Å². The van der Waals surface area contributed by atoms with Gasteiger partial charge in [0.15, 0.2) is 5.43 Å². The zero-order valence-corrected chi connectivity index (χ0v) is 22.9. The van der Waals surface area contributed by atoms with Crippen LogP contribution in [0.2, 0.25) is 0 Å². The van der Waals surface area contributed by atoms with Crippen LogP contribution in [0.3, 0.4) is 0 Å². The van der Waals surface area contributed by atoms with Crippen molar-refractivity contribution in [3.05, 3.63) is 46.2 Å². The molecule has 3 aromatic rings. The fourth-order valence-corrected chi connectivity index (χ4v) is 4.32. The fraction of sp³-hybridized carbons (Fsp3) is 0.517. The summed E-state index contributed by atoms with van der Waals surface area (Å²) < 4.78 is 14.6.